The van der Waals surface area contributed by atoms with Crippen molar-refractivity contribution in [2.75, 3.05) is 7.11 Å². The quantitative estimate of drug-likeness (QED) is 0.757. The van der Waals surface area contributed by atoms with E-state index < -0.39 is 5.82 Å². The molecule has 0 aliphatic carbocycles. The van der Waals surface area contributed by atoms with Crippen LogP contribution in [0.15, 0.2) is 6.07 Å². The van der Waals surface area contributed by atoms with Crippen LogP contribution in [0.25, 0.3) is 0 Å². The lowest BCUT2D eigenvalue weighted by molar-refractivity contribution is 0.406. The summed E-state index contributed by atoms with van der Waals surface area (Å²) in [6, 6.07) is 3.22. The van der Waals surface area contributed by atoms with Gasteiger partial charge >= 0.3 is 0 Å². The zero-order valence-corrected chi connectivity index (χ0v) is 8.65. The second-order valence-corrected chi connectivity index (χ2v) is 3.21. The fraction of sp³-hybridized carbons (Fsp3) is 0.300. The van der Waals surface area contributed by atoms with Gasteiger partial charge in [-0.2, -0.15) is 5.26 Å². The number of nitrogens with zero attached hydrogens (tertiary/aromatic N) is 1. The second-order valence-electron chi connectivity index (χ2n) is 2.84. The third kappa shape index (κ3) is 1.80. The summed E-state index contributed by atoms with van der Waals surface area (Å²) < 4.78 is 18.2. The van der Waals surface area contributed by atoms with E-state index in [4.69, 9.17) is 21.6 Å². The molecule has 0 aliphatic heterocycles. The van der Waals surface area contributed by atoms with Crippen molar-refractivity contribution in [3.63, 3.8) is 0 Å². The minimum atomic E-state index is -0.518. The molecule has 14 heavy (non-hydrogen) atoms. The number of hydrogen-bond donors (Lipinski definition) is 0. The predicted molar refractivity (Wildman–Crippen MR) is 52.0 cm³/mol. The van der Waals surface area contributed by atoms with Gasteiger partial charge in [0.25, 0.3) is 0 Å². The Kier molecular flexibility index (Phi) is 3.32. The van der Waals surface area contributed by atoms with Crippen molar-refractivity contribution in [1.29, 1.82) is 5.26 Å². The normalized spacial score (nSPS) is 9.64. The Balaban J connectivity index is 3.41. The van der Waals surface area contributed by atoms with E-state index >= 15 is 0 Å². The Hall–Kier alpha value is -1.27. The first-order valence-corrected chi connectivity index (χ1v) is 4.38. The number of aryl methyl sites for hydroxylation is 1. The lowest BCUT2D eigenvalue weighted by Gasteiger charge is -2.11. The zero-order valence-electron chi connectivity index (χ0n) is 7.90. The van der Waals surface area contributed by atoms with Gasteiger partial charge in [-0.3, -0.25) is 0 Å². The minimum Gasteiger partial charge on any atom is -0.496 e. The lowest BCUT2D eigenvalue weighted by atomic mass is 10.1. The van der Waals surface area contributed by atoms with E-state index in [0.717, 1.165) is 0 Å². The molecule has 0 N–H and O–H groups in total. The molecule has 0 radical (unpaired) electrons. The highest BCUT2D eigenvalue weighted by Gasteiger charge is 2.15. The number of nitriles is 1. The van der Waals surface area contributed by atoms with Gasteiger partial charge in [-0.05, 0) is 18.6 Å². The molecule has 2 nitrogen and oxygen atoms in total. The third-order valence-electron chi connectivity index (χ3n) is 1.91. The molecule has 0 saturated heterocycles. The summed E-state index contributed by atoms with van der Waals surface area (Å²) in [5, 5.41) is 8.53. The maximum absolute atomic E-state index is 13.2. The molecule has 1 aromatic rings. The van der Waals surface area contributed by atoms with Crippen molar-refractivity contribution >= 4 is 11.6 Å². The number of methoxy groups -OCH3 is 1. The van der Waals surface area contributed by atoms with Crippen molar-refractivity contribution in [2.24, 2.45) is 0 Å². The highest BCUT2D eigenvalue weighted by atomic mass is 35.5. The monoisotopic (exact) mass is 213 g/mol. The number of halogens is 2. The molecule has 0 spiro atoms. The molecule has 0 fully saturated rings. The van der Waals surface area contributed by atoms with Crippen LogP contribution in [0.3, 0.4) is 0 Å². The molecular formula is C10H9ClFNO. The van der Waals surface area contributed by atoms with Crippen LogP contribution in [0, 0.1) is 24.1 Å². The Morgan fingerprint density at radius 1 is 1.64 bits per heavy atom. The Morgan fingerprint density at radius 2 is 2.29 bits per heavy atom. The van der Waals surface area contributed by atoms with E-state index in [2.05, 4.69) is 0 Å². The van der Waals surface area contributed by atoms with Crippen molar-refractivity contribution in [1.82, 2.24) is 0 Å². The van der Waals surface area contributed by atoms with E-state index in [1.807, 2.05) is 6.07 Å². The zero-order chi connectivity index (χ0) is 10.7. The van der Waals surface area contributed by atoms with Crippen LogP contribution in [0.2, 0.25) is 5.02 Å². The van der Waals surface area contributed by atoms with Crippen LogP contribution >= 0.6 is 11.6 Å². The molecule has 1 aromatic carbocycles. The van der Waals surface area contributed by atoms with Gasteiger partial charge in [0.15, 0.2) is 0 Å². The molecule has 0 saturated carbocycles. The van der Waals surface area contributed by atoms with Crippen LogP contribution in [-0.4, -0.2) is 7.11 Å². The standard InChI is InChI=1S/C10H9ClFNO/c1-6-5-8(12)9(11)7(3-4-13)10(6)14-2/h5H,3H2,1-2H3. The van der Waals surface area contributed by atoms with Gasteiger partial charge < -0.3 is 4.74 Å². The first kappa shape index (κ1) is 10.8. The average Bonchev–Trinajstić information content (AvgIpc) is 2.14. The molecular weight excluding hydrogens is 205 g/mol. The minimum absolute atomic E-state index is 0.0333. The van der Waals surface area contributed by atoms with Crippen LogP contribution in [0.1, 0.15) is 11.1 Å². The summed E-state index contributed by atoms with van der Waals surface area (Å²) in [4.78, 5) is 0. The summed E-state index contributed by atoms with van der Waals surface area (Å²) in [7, 11) is 1.47. The molecule has 0 heterocycles. The fourth-order valence-electron chi connectivity index (χ4n) is 1.32. The van der Waals surface area contributed by atoms with Crippen LogP contribution < -0.4 is 4.74 Å². The smallest absolute Gasteiger partial charge is 0.142 e. The molecule has 0 amide bonds. The van der Waals surface area contributed by atoms with Gasteiger partial charge in [-0.15, -0.1) is 0 Å². The number of hydrogen-bond acceptors (Lipinski definition) is 2. The first-order valence-electron chi connectivity index (χ1n) is 4.00. The average molecular weight is 214 g/mol. The summed E-state index contributed by atoms with van der Waals surface area (Å²) in [6.45, 7) is 1.71. The van der Waals surface area contributed by atoms with Gasteiger partial charge in [0, 0.05) is 5.56 Å². The largest absolute Gasteiger partial charge is 0.496 e. The molecule has 0 aliphatic rings. The van der Waals surface area contributed by atoms with Crippen LogP contribution in [0.5, 0.6) is 5.75 Å². The van der Waals surface area contributed by atoms with Gasteiger partial charge in [0.1, 0.15) is 11.6 Å². The molecule has 4 heteroatoms. The van der Waals surface area contributed by atoms with Crippen molar-refractivity contribution in [3.05, 3.63) is 28.0 Å². The second kappa shape index (κ2) is 4.30. The molecule has 74 valence electrons. The number of ether oxygens (including phenoxy) is 1. The summed E-state index contributed by atoms with van der Waals surface area (Å²) >= 11 is 5.72. The van der Waals surface area contributed by atoms with Crippen molar-refractivity contribution in [2.45, 2.75) is 13.3 Å². The number of rotatable bonds is 2. The van der Waals surface area contributed by atoms with E-state index in [1.165, 1.54) is 13.2 Å². The topological polar surface area (TPSA) is 33.0 Å². The Labute approximate surface area is 86.9 Å². The third-order valence-corrected chi connectivity index (χ3v) is 2.32. The number of benzene rings is 1. The van der Waals surface area contributed by atoms with Crippen LogP contribution in [0.4, 0.5) is 4.39 Å². The molecule has 1 rings (SSSR count). The fourth-order valence-corrected chi connectivity index (χ4v) is 1.53. The maximum Gasteiger partial charge on any atom is 0.142 e. The SMILES string of the molecule is COc1c(C)cc(F)c(Cl)c1CC#N. The summed E-state index contributed by atoms with van der Waals surface area (Å²) in [5.74, 6) is -0.0341. The van der Waals surface area contributed by atoms with Gasteiger partial charge in [0.2, 0.25) is 0 Å². The van der Waals surface area contributed by atoms with Crippen molar-refractivity contribution in [3.8, 4) is 11.8 Å². The Bertz CT molecular complexity index is 398. The predicted octanol–water partition coefficient (Wildman–Crippen LogP) is 2.86. The maximum atomic E-state index is 13.2. The Morgan fingerprint density at radius 3 is 2.79 bits per heavy atom. The van der Waals surface area contributed by atoms with E-state index in [1.54, 1.807) is 6.92 Å². The lowest BCUT2D eigenvalue weighted by Crippen LogP contribution is -1.97. The van der Waals surface area contributed by atoms with Gasteiger partial charge in [-0.25, -0.2) is 4.39 Å². The summed E-state index contributed by atoms with van der Waals surface area (Å²) in [5.41, 5.74) is 1.05. The van der Waals surface area contributed by atoms with Gasteiger partial charge in [-0.1, -0.05) is 11.6 Å². The van der Waals surface area contributed by atoms with Gasteiger partial charge in [0.05, 0.1) is 24.6 Å². The van der Waals surface area contributed by atoms with Crippen LogP contribution in [-0.2, 0) is 6.42 Å². The highest BCUT2D eigenvalue weighted by molar-refractivity contribution is 6.31. The van der Waals surface area contributed by atoms with E-state index in [0.29, 0.717) is 16.9 Å². The first-order chi connectivity index (χ1) is 6.61. The molecule has 0 atom stereocenters. The molecule has 0 bridgehead atoms. The van der Waals surface area contributed by atoms with E-state index in [-0.39, 0.29) is 11.4 Å². The van der Waals surface area contributed by atoms with Crippen molar-refractivity contribution < 1.29 is 9.13 Å². The molecule has 0 unspecified atom stereocenters. The molecule has 0 aromatic heterocycles. The summed E-state index contributed by atoms with van der Waals surface area (Å²) in [6.07, 6.45) is 0.0423. The van der Waals surface area contributed by atoms with E-state index in [9.17, 15) is 4.39 Å². The highest BCUT2D eigenvalue weighted by Crippen LogP contribution is 2.32.